The Labute approximate surface area is 757 Å². The van der Waals surface area contributed by atoms with Crippen LogP contribution in [0.3, 0.4) is 0 Å². The fourth-order valence-electron chi connectivity index (χ4n) is 20.0. The van der Waals surface area contributed by atoms with Crippen molar-refractivity contribution in [2.75, 3.05) is 0 Å². The van der Waals surface area contributed by atoms with Gasteiger partial charge in [0.15, 0.2) is 112 Å². The molecule has 0 fully saturated rings. The molecule has 0 unspecified atom stereocenters. The van der Waals surface area contributed by atoms with Crippen molar-refractivity contribution in [2.45, 2.75) is 32.7 Å². The molecule has 26 heteroatoms. The molecule has 0 atom stereocenters. The van der Waals surface area contributed by atoms with Crippen LogP contribution in [0.25, 0.3) is 231 Å². The predicted octanol–water partition coefficient (Wildman–Crippen LogP) is 25.0. The Hall–Kier alpha value is -20.4. The number of fused-ring (bicyclic) bond motifs is 39. The molecule has 13 aromatic carbocycles. The monoisotopic (exact) mass is 1720 g/mol. The highest BCUT2D eigenvalue weighted by Crippen LogP contribution is 2.47. The van der Waals surface area contributed by atoms with Crippen LogP contribution in [-0.2, 0) is 32.7 Å². The van der Waals surface area contributed by atoms with E-state index in [2.05, 4.69) is 196 Å². The minimum Gasteiger partial charge on any atom is -0.456 e. The molecule has 134 heavy (non-hydrogen) atoms. The Bertz CT molecular complexity index is 9530. The summed E-state index contributed by atoms with van der Waals surface area (Å²) in [6, 6.07) is 75.7. The summed E-state index contributed by atoms with van der Waals surface area (Å²) in [5, 5.41) is 13.3. The molecule has 0 aliphatic carbocycles. The van der Waals surface area contributed by atoms with Crippen LogP contribution >= 0.6 is 0 Å². The van der Waals surface area contributed by atoms with Crippen LogP contribution in [0, 0.1) is 65.7 Å². The zero-order valence-electron chi connectivity index (χ0n) is 70.0. The lowest BCUT2D eigenvalue weighted by Crippen LogP contribution is -2.36. The van der Waals surface area contributed by atoms with Gasteiger partial charge >= 0.3 is 0 Å². The van der Waals surface area contributed by atoms with Crippen molar-refractivity contribution < 1.29 is 41.1 Å². The number of para-hydroxylation sites is 3. The number of aromatic nitrogens is 12. The van der Waals surface area contributed by atoms with Crippen molar-refractivity contribution in [1.82, 2.24) is 33.4 Å². The van der Waals surface area contributed by atoms with Crippen molar-refractivity contribution in [2.24, 2.45) is 0 Å². The topological polar surface area (TPSA) is 166 Å². The van der Waals surface area contributed by atoms with E-state index in [0.717, 1.165) is 191 Å². The van der Waals surface area contributed by atoms with Gasteiger partial charge in [0.2, 0.25) is 42.4 Å². The number of pyridine rings is 2. The first kappa shape index (κ1) is 76.1. The minimum atomic E-state index is 0.367. The number of benzene rings is 13. The summed E-state index contributed by atoms with van der Waals surface area (Å²) < 4.78 is 45.5. The molecule has 24 aromatic rings. The summed E-state index contributed by atoms with van der Waals surface area (Å²) in [5.41, 5.74) is 28.4. The molecule has 0 amide bonds. The number of furan rings is 4. The second-order valence-corrected chi connectivity index (χ2v) is 33.0. The molecule has 616 valence electrons. The lowest BCUT2D eigenvalue weighted by atomic mass is 10.0. The Morgan fingerprint density at radius 1 is 0.246 bits per heavy atom. The first-order valence-electron chi connectivity index (χ1n) is 42.3. The summed E-state index contributed by atoms with van der Waals surface area (Å²) in [5.74, 6) is 0. The Morgan fingerprint density at radius 3 is 1.04 bits per heavy atom. The molecule has 0 saturated heterocycles. The van der Waals surface area contributed by atoms with E-state index in [0.29, 0.717) is 74.8 Å². The largest absolute Gasteiger partial charge is 0.456 e. The highest BCUT2D eigenvalue weighted by atomic mass is 16.3. The molecule has 26 nitrogen and oxygen atoms in total. The third-order valence-electron chi connectivity index (χ3n) is 25.8. The predicted molar refractivity (Wildman–Crippen MR) is 506 cm³/mol. The number of hydrogen-bond donors (Lipinski definition) is 0. The zero-order valence-corrected chi connectivity index (χ0v) is 70.0. The van der Waals surface area contributed by atoms with E-state index >= 15 is 0 Å². The van der Waals surface area contributed by atoms with Crippen LogP contribution in [0.5, 0.6) is 0 Å². The maximum Gasteiger partial charge on any atom is 0.227 e. The quantitative estimate of drug-likeness (QED) is 0.117. The smallest absolute Gasteiger partial charge is 0.227 e. The maximum absolute atomic E-state index is 7.41. The van der Waals surface area contributed by atoms with Gasteiger partial charge in [0, 0.05) is 89.9 Å². The van der Waals surface area contributed by atoms with Gasteiger partial charge < -0.3 is 17.7 Å². The minimum absolute atomic E-state index is 0.367. The highest BCUT2D eigenvalue weighted by molar-refractivity contribution is 6.11. The SMILES string of the molecule is [C-]#[N+]c1cc2c[n+]3n(c2cc1[N+]#[C-])-c1c(ccc2c1oc1ccccc12)C3.[C-]#[N+]c1cc2c[n+]3n(c2cc1[N+]#[C-])-c1c(ccc2c1oc1ncccc12)C3.[C-]#[N+]c1cc2c[n+]3n(c2cc1[N+]#[C-])-c1c(cccc1-c1ccccc1)C3.[C-]#[N+]c1cc2c[n+]3n(c2cc1[N+]#[C-])-c1cc2oc4ccccc4c2cc1C3.[C-]#[N+]c1cc2c[n+]3n(c2cc1[N+]#[C-])-c1cc2oc4ncccc4c2cc1C3. The van der Waals surface area contributed by atoms with Crippen molar-refractivity contribution in [3.8, 4) is 39.6 Å². The molecule has 0 spiro atoms. The fraction of sp³-hybridized carbons (Fsp3) is 0.0463. The number of hydrogen-bond acceptors (Lipinski definition) is 6. The van der Waals surface area contributed by atoms with Crippen molar-refractivity contribution in [3.63, 3.8) is 0 Å². The second kappa shape index (κ2) is 29.1. The van der Waals surface area contributed by atoms with Gasteiger partial charge in [0.05, 0.1) is 104 Å². The van der Waals surface area contributed by atoms with E-state index in [-0.39, 0.29) is 0 Å². The molecule has 5 aliphatic rings. The molecule has 11 aromatic heterocycles. The molecule has 0 saturated carbocycles. The normalized spacial score (nSPS) is 12.1. The molecule has 16 heterocycles. The van der Waals surface area contributed by atoms with Gasteiger partial charge in [-0.05, 0) is 109 Å². The van der Waals surface area contributed by atoms with Gasteiger partial charge in [-0.3, -0.25) is 48.5 Å². The summed E-state index contributed by atoms with van der Waals surface area (Å²) in [6.07, 6.45) is 13.6. The van der Waals surface area contributed by atoms with Crippen molar-refractivity contribution in [1.29, 1.82) is 0 Å². The van der Waals surface area contributed by atoms with Gasteiger partial charge in [0.25, 0.3) is 0 Å². The molecule has 0 radical (unpaired) electrons. The van der Waals surface area contributed by atoms with E-state index in [1.807, 2.05) is 134 Å². The van der Waals surface area contributed by atoms with Crippen LogP contribution in [-0.4, -0.2) is 33.4 Å². The van der Waals surface area contributed by atoms with Gasteiger partial charge in [-0.25, -0.2) is 9.97 Å². The van der Waals surface area contributed by atoms with Crippen LogP contribution in [0.2, 0.25) is 0 Å². The molecule has 5 aliphatic heterocycles. The highest BCUT2D eigenvalue weighted by Gasteiger charge is 2.38. The van der Waals surface area contributed by atoms with E-state index < -0.39 is 0 Å². The Morgan fingerprint density at radius 2 is 0.582 bits per heavy atom. The van der Waals surface area contributed by atoms with Crippen molar-refractivity contribution >= 4 is 199 Å². The summed E-state index contributed by atoms with van der Waals surface area (Å²) in [4.78, 5) is 43.8. The van der Waals surface area contributed by atoms with E-state index in [1.54, 1.807) is 48.8 Å². The van der Waals surface area contributed by atoms with E-state index in [4.69, 9.17) is 83.4 Å². The van der Waals surface area contributed by atoms with Crippen LogP contribution < -0.4 is 23.4 Å². The first-order valence-corrected chi connectivity index (χ1v) is 42.3. The molecule has 0 N–H and O–H groups in total. The average molecular weight is 1720 g/mol. The standard InChI is InChI=1S/2C22H11N4O.C22H13N4.2C21H10N5O/c1-23-17-8-14-12-25-11-13-7-16-15-5-3-4-6-21(15)27-22(16)10-20(13)26(25)19(14)9-18(17)24-2;1-23-17-9-14-12-25-11-13-7-8-16-15-5-3-4-6-20(15)27-22(16)21(13)26(25)19(14)10-18(17)24-2;1-23-19-11-17-14-25-13-16-9-6-10-18(15-7-4-3-5-8-15)22(16)26(25)21(17)12-20(19)24-2;1-22-16-8-13-11-25-10-12-5-6-14-15-4-3-7-24-21(15)27-20(14)19(12)26(25)18(13)9-17(16)23-2;1-22-16-7-13-11-25-10-12-6-15-14-4-3-5-24-21(14)27-20(15)9-19(12)26(25)18(13)8-17(16)23-2/h2*3-10,12H,11H2;3-12,14H,13H2;2*3-9,11H,10H2/q5*+1. The lowest BCUT2D eigenvalue weighted by Gasteiger charge is -2.08. The number of rotatable bonds is 1. The third-order valence-corrected chi connectivity index (χ3v) is 25.8. The van der Waals surface area contributed by atoms with Gasteiger partial charge in [0.1, 0.15) is 67.0 Å². The summed E-state index contributed by atoms with van der Waals surface area (Å²) in [6.45, 7) is 77.2. The lowest BCUT2D eigenvalue weighted by molar-refractivity contribution is -0.749. The third kappa shape index (κ3) is 11.3. The molecule has 29 rings (SSSR count). The molecular weight excluding hydrogens is 1670 g/mol. The van der Waals surface area contributed by atoms with E-state index in [9.17, 15) is 0 Å². The van der Waals surface area contributed by atoms with Crippen LogP contribution in [0.15, 0.2) is 292 Å². The Kier molecular flexibility index (Phi) is 16.5. The molecular formula is C108H55N22O4+5. The number of nitrogens with zero attached hydrogens (tertiary/aromatic N) is 22. The zero-order chi connectivity index (χ0) is 90.2. The fourth-order valence-corrected chi connectivity index (χ4v) is 20.0. The average Bonchev–Trinajstić information content (AvgIpc) is 1.45. The Balaban J connectivity index is 0.0000000896. The van der Waals surface area contributed by atoms with Crippen LogP contribution in [0.1, 0.15) is 27.8 Å². The maximum atomic E-state index is 7.41. The summed E-state index contributed by atoms with van der Waals surface area (Å²) >= 11 is 0. The molecule has 0 bridgehead atoms. The van der Waals surface area contributed by atoms with Crippen LogP contribution in [0.4, 0.5) is 56.9 Å². The van der Waals surface area contributed by atoms with Gasteiger partial charge in [-0.15, -0.1) is 46.8 Å². The summed E-state index contributed by atoms with van der Waals surface area (Å²) in [7, 11) is 0. The van der Waals surface area contributed by atoms with E-state index in [1.165, 1.54) is 33.4 Å². The van der Waals surface area contributed by atoms with Gasteiger partial charge in [-0.1, -0.05) is 115 Å². The van der Waals surface area contributed by atoms with Crippen molar-refractivity contribution in [3.05, 3.63) is 416 Å². The van der Waals surface area contributed by atoms with Gasteiger partial charge in [-0.2, -0.15) is 0 Å². The second-order valence-electron chi connectivity index (χ2n) is 33.0. The first-order chi connectivity index (χ1) is 65.9.